The molecule has 1 fully saturated rings. The Bertz CT molecular complexity index is 192. The third kappa shape index (κ3) is 0.812. The van der Waals surface area contributed by atoms with E-state index in [-0.39, 0.29) is 0 Å². The Hall–Kier alpha value is -0.580. The van der Waals surface area contributed by atoms with Crippen molar-refractivity contribution in [2.45, 2.75) is 18.7 Å². The summed E-state index contributed by atoms with van der Waals surface area (Å²) in [6.45, 7) is 0. The first-order chi connectivity index (χ1) is 4.42. The lowest BCUT2D eigenvalue weighted by atomic mass is 9.82. The Morgan fingerprint density at radius 2 is 2.50 bits per heavy atom. The predicted molar refractivity (Wildman–Crippen MR) is 26.5 cm³/mol. The summed E-state index contributed by atoms with van der Waals surface area (Å²) in [4.78, 5) is 0. The van der Waals surface area contributed by atoms with Crippen molar-refractivity contribution in [3.63, 3.8) is 0 Å². The summed E-state index contributed by atoms with van der Waals surface area (Å²) in [5.41, 5.74) is 0. The van der Waals surface area contributed by atoms with Crippen molar-refractivity contribution in [1.29, 1.82) is 0 Å². The lowest BCUT2D eigenvalue weighted by molar-refractivity contribution is -0.0936. The third-order valence-corrected chi connectivity index (χ3v) is 1.05. The van der Waals surface area contributed by atoms with Gasteiger partial charge in [-0.15, -0.1) is 12.3 Å². The molecule has 0 aromatic rings. The van der Waals surface area contributed by atoms with Crippen LogP contribution in [0.25, 0.3) is 0 Å². The smallest absolute Gasteiger partial charge is 0.207 e. The molecule has 0 aliphatic heterocycles. The highest BCUT2D eigenvalue weighted by atomic mass is 19.3. The highest BCUT2D eigenvalue weighted by molar-refractivity contribution is 5.03. The highest BCUT2D eigenvalue weighted by Gasteiger charge is 2.44. The SMILES string of the molecule is [2H]C1([2H])C(C#C)CC1(F)F. The van der Waals surface area contributed by atoms with Crippen LogP contribution in [0, 0.1) is 18.3 Å². The molecule has 1 saturated carbocycles. The minimum Gasteiger partial charge on any atom is -0.207 e. The first-order valence-electron chi connectivity index (χ1n) is 3.26. The van der Waals surface area contributed by atoms with Crippen LogP contribution in [0.2, 0.25) is 0 Å². The summed E-state index contributed by atoms with van der Waals surface area (Å²) < 4.78 is 38.2. The normalized spacial score (nSPS) is 42.9. The Kier molecular flexibility index (Phi) is 0.623. The van der Waals surface area contributed by atoms with Crippen LogP contribution in [0.4, 0.5) is 8.78 Å². The number of terminal acetylenes is 1. The van der Waals surface area contributed by atoms with Gasteiger partial charge in [0.15, 0.2) is 0 Å². The van der Waals surface area contributed by atoms with E-state index in [2.05, 4.69) is 0 Å². The number of rotatable bonds is 0. The quantitative estimate of drug-likeness (QED) is 0.424. The van der Waals surface area contributed by atoms with Gasteiger partial charge in [-0.1, -0.05) is 0 Å². The molecular weight excluding hydrogens is 110 g/mol. The maximum Gasteiger partial charge on any atom is 0.250 e. The van der Waals surface area contributed by atoms with E-state index in [1.165, 1.54) is 0 Å². The summed E-state index contributed by atoms with van der Waals surface area (Å²) in [7, 11) is 0. The van der Waals surface area contributed by atoms with Gasteiger partial charge in [0.05, 0.1) is 0 Å². The fraction of sp³-hybridized carbons (Fsp3) is 0.667. The molecule has 0 bridgehead atoms. The zero-order valence-electron chi connectivity index (χ0n) is 6.12. The van der Waals surface area contributed by atoms with E-state index < -0.39 is 24.6 Å². The fourth-order valence-corrected chi connectivity index (χ4v) is 0.591. The average molecular weight is 118 g/mol. The monoisotopic (exact) mass is 118 g/mol. The summed E-state index contributed by atoms with van der Waals surface area (Å²) in [5.74, 6) is -2.14. The van der Waals surface area contributed by atoms with Gasteiger partial charge in [0.1, 0.15) is 0 Å². The number of alkyl halides is 2. The molecule has 1 unspecified atom stereocenters. The molecule has 0 aromatic heterocycles. The minimum atomic E-state index is -3.22. The lowest BCUT2D eigenvalue weighted by Gasteiger charge is -2.30. The molecule has 0 spiro atoms. The van der Waals surface area contributed by atoms with E-state index in [1.54, 1.807) is 0 Å². The van der Waals surface area contributed by atoms with Gasteiger partial charge in [0.2, 0.25) is 0 Å². The summed E-state index contributed by atoms with van der Waals surface area (Å²) in [6, 6.07) is 0. The van der Waals surface area contributed by atoms with Crippen LogP contribution in [0.5, 0.6) is 0 Å². The van der Waals surface area contributed by atoms with Gasteiger partial charge in [0.25, 0.3) is 5.92 Å². The molecule has 1 aliphatic carbocycles. The maximum absolute atomic E-state index is 12.3. The van der Waals surface area contributed by atoms with Crippen LogP contribution >= 0.6 is 0 Å². The molecule has 0 nitrogen and oxygen atoms in total. The predicted octanol–water partition coefficient (Wildman–Crippen LogP) is 1.66. The zero-order chi connectivity index (χ0) is 7.99. The molecular formula is C6H6F2. The van der Waals surface area contributed by atoms with E-state index in [4.69, 9.17) is 9.16 Å². The van der Waals surface area contributed by atoms with Crippen molar-refractivity contribution in [2.24, 2.45) is 5.92 Å². The van der Waals surface area contributed by atoms with E-state index in [1.807, 2.05) is 5.92 Å². The number of hydrogen-bond donors (Lipinski definition) is 0. The van der Waals surface area contributed by atoms with Gasteiger partial charge < -0.3 is 0 Å². The van der Waals surface area contributed by atoms with E-state index in [0.29, 0.717) is 0 Å². The van der Waals surface area contributed by atoms with Crippen molar-refractivity contribution in [3.8, 4) is 12.3 Å². The zero-order valence-corrected chi connectivity index (χ0v) is 4.12. The fourth-order valence-electron chi connectivity index (χ4n) is 0.591. The molecule has 44 valence electrons. The van der Waals surface area contributed by atoms with E-state index in [9.17, 15) is 8.78 Å². The summed E-state index contributed by atoms with van der Waals surface area (Å²) in [6.07, 6.45) is 1.81. The second-order valence-electron chi connectivity index (χ2n) is 1.77. The van der Waals surface area contributed by atoms with Gasteiger partial charge in [-0.05, 0) is 0 Å². The molecule has 8 heavy (non-hydrogen) atoms. The molecule has 0 N–H and O–H groups in total. The second-order valence-corrected chi connectivity index (χ2v) is 1.77. The number of halogens is 2. The average Bonchev–Trinajstić information content (AvgIpc) is 1.83. The van der Waals surface area contributed by atoms with Crippen LogP contribution in [0.1, 0.15) is 15.5 Å². The summed E-state index contributed by atoms with van der Waals surface area (Å²) >= 11 is 0. The van der Waals surface area contributed by atoms with Gasteiger partial charge >= 0.3 is 0 Å². The Morgan fingerprint density at radius 1 is 1.88 bits per heavy atom. The molecule has 0 amide bonds. The van der Waals surface area contributed by atoms with E-state index >= 15 is 0 Å². The highest BCUT2D eigenvalue weighted by Crippen LogP contribution is 2.41. The first-order valence-corrected chi connectivity index (χ1v) is 2.26. The van der Waals surface area contributed by atoms with E-state index in [0.717, 1.165) is 0 Å². The summed E-state index contributed by atoms with van der Waals surface area (Å²) in [5, 5.41) is 0. The molecule has 2 heteroatoms. The Balaban J connectivity index is 2.77. The third-order valence-electron chi connectivity index (χ3n) is 1.05. The second kappa shape index (κ2) is 1.45. The van der Waals surface area contributed by atoms with Crippen LogP contribution in [0.3, 0.4) is 0 Å². The van der Waals surface area contributed by atoms with Crippen LogP contribution in [-0.2, 0) is 0 Å². The van der Waals surface area contributed by atoms with Crippen molar-refractivity contribution < 1.29 is 11.5 Å². The lowest BCUT2D eigenvalue weighted by Crippen LogP contribution is -2.34. The minimum absolute atomic E-state index is 0.517. The van der Waals surface area contributed by atoms with Crippen molar-refractivity contribution >= 4 is 0 Å². The topological polar surface area (TPSA) is 0 Å². The Morgan fingerprint density at radius 3 is 2.62 bits per heavy atom. The molecule has 0 heterocycles. The van der Waals surface area contributed by atoms with Crippen molar-refractivity contribution in [2.75, 3.05) is 0 Å². The molecule has 0 radical (unpaired) electrons. The standard InChI is InChI=1S/C6H6F2/c1-2-5-3-6(7,8)4-5/h1,5H,3-4H2/i3D2. The molecule has 0 aromatic carbocycles. The van der Waals surface area contributed by atoms with Crippen molar-refractivity contribution in [3.05, 3.63) is 0 Å². The van der Waals surface area contributed by atoms with Gasteiger partial charge in [0, 0.05) is 21.5 Å². The van der Waals surface area contributed by atoms with Gasteiger partial charge in [-0.25, -0.2) is 8.78 Å². The molecule has 0 saturated heterocycles. The maximum atomic E-state index is 12.3. The van der Waals surface area contributed by atoms with Crippen molar-refractivity contribution in [1.82, 2.24) is 0 Å². The van der Waals surface area contributed by atoms with Crippen LogP contribution in [0.15, 0.2) is 0 Å². The van der Waals surface area contributed by atoms with Crippen LogP contribution < -0.4 is 0 Å². The van der Waals surface area contributed by atoms with Crippen LogP contribution in [-0.4, -0.2) is 5.92 Å². The largest absolute Gasteiger partial charge is 0.250 e. The van der Waals surface area contributed by atoms with Gasteiger partial charge in [-0.3, -0.25) is 0 Å². The molecule has 1 aliphatic rings. The first kappa shape index (κ1) is 3.45. The van der Waals surface area contributed by atoms with Gasteiger partial charge in [-0.2, -0.15) is 0 Å². The molecule has 1 atom stereocenters. The number of hydrogen-bond acceptors (Lipinski definition) is 0. The Labute approximate surface area is 49.7 Å². The molecule has 1 rings (SSSR count).